The van der Waals surface area contributed by atoms with Crippen LogP contribution in [0.2, 0.25) is 0 Å². The number of aromatic nitrogens is 2. The Morgan fingerprint density at radius 2 is 2.25 bits per heavy atom. The standard InChI is InChI=1S/C11H19N3O2/c1-3-9(15-2)10-13-11(16-14-10)8-4-6-12-7-5-8/h8-9,12H,3-7H2,1-2H3. The number of ether oxygens (including phenoxy) is 1. The molecule has 16 heavy (non-hydrogen) atoms. The molecule has 1 aliphatic heterocycles. The van der Waals surface area contributed by atoms with Crippen molar-refractivity contribution in [3.05, 3.63) is 11.7 Å². The molecule has 0 aromatic carbocycles. The number of hydrogen-bond donors (Lipinski definition) is 1. The molecular formula is C11H19N3O2. The van der Waals surface area contributed by atoms with E-state index in [1.165, 1.54) is 0 Å². The highest BCUT2D eigenvalue weighted by molar-refractivity contribution is 4.98. The molecule has 90 valence electrons. The van der Waals surface area contributed by atoms with E-state index in [-0.39, 0.29) is 6.10 Å². The predicted molar refractivity (Wildman–Crippen MR) is 59.2 cm³/mol. The van der Waals surface area contributed by atoms with Crippen molar-refractivity contribution in [3.8, 4) is 0 Å². The van der Waals surface area contributed by atoms with Gasteiger partial charge in [-0.1, -0.05) is 12.1 Å². The predicted octanol–water partition coefficient (Wildman–Crippen LogP) is 1.63. The third-order valence-electron chi connectivity index (χ3n) is 3.09. The van der Waals surface area contributed by atoms with E-state index < -0.39 is 0 Å². The summed E-state index contributed by atoms with van der Waals surface area (Å²) in [5, 5.41) is 7.32. The van der Waals surface area contributed by atoms with Crippen LogP contribution in [0, 0.1) is 0 Å². The molecule has 1 aromatic rings. The van der Waals surface area contributed by atoms with E-state index in [0.29, 0.717) is 11.7 Å². The second-order valence-electron chi connectivity index (χ2n) is 4.15. The van der Waals surface area contributed by atoms with Gasteiger partial charge in [-0.3, -0.25) is 0 Å². The van der Waals surface area contributed by atoms with E-state index in [4.69, 9.17) is 9.26 Å². The van der Waals surface area contributed by atoms with Crippen molar-refractivity contribution in [3.63, 3.8) is 0 Å². The highest BCUT2D eigenvalue weighted by atomic mass is 16.5. The maximum Gasteiger partial charge on any atom is 0.229 e. The number of methoxy groups -OCH3 is 1. The van der Waals surface area contributed by atoms with Crippen LogP contribution in [-0.2, 0) is 4.74 Å². The summed E-state index contributed by atoms with van der Waals surface area (Å²) in [6.45, 7) is 4.11. The Morgan fingerprint density at radius 1 is 1.50 bits per heavy atom. The van der Waals surface area contributed by atoms with Gasteiger partial charge in [0.05, 0.1) is 0 Å². The topological polar surface area (TPSA) is 60.2 Å². The van der Waals surface area contributed by atoms with Gasteiger partial charge >= 0.3 is 0 Å². The van der Waals surface area contributed by atoms with Crippen LogP contribution in [-0.4, -0.2) is 30.3 Å². The van der Waals surface area contributed by atoms with Crippen molar-refractivity contribution >= 4 is 0 Å². The van der Waals surface area contributed by atoms with Gasteiger partial charge in [0.2, 0.25) is 11.7 Å². The molecular weight excluding hydrogens is 206 g/mol. The lowest BCUT2D eigenvalue weighted by molar-refractivity contribution is 0.0903. The van der Waals surface area contributed by atoms with E-state index >= 15 is 0 Å². The van der Waals surface area contributed by atoms with Gasteiger partial charge in [0.25, 0.3) is 0 Å². The first-order chi connectivity index (χ1) is 7.85. The lowest BCUT2D eigenvalue weighted by Gasteiger charge is -2.18. The van der Waals surface area contributed by atoms with Crippen molar-refractivity contribution in [1.82, 2.24) is 15.5 Å². The van der Waals surface area contributed by atoms with Gasteiger partial charge in [-0.2, -0.15) is 4.98 Å². The van der Waals surface area contributed by atoms with Crippen LogP contribution in [0.5, 0.6) is 0 Å². The van der Waals surface area contributed by atoms with E-state index in [0.717, 1.165) is 38.2 Å². The van der Waals surface area contributed by atoms with Gasteiger partial charge in [0.1, 0.15) is 6.10 Å². The molecule has 5 nitrogen and oxygen atoms in total. The molecule has 1 aliphatic rings. The Kier molecular flexibility index (Phi) is 3.90. The largest absolute Gasteiger partial charge is 0.373 e. The van der Waals surface area contributed by atoms with E-state index in [9.17, 15) is 0 Å². The molecule has 0 saturated carbocycles. The maximum atomic E-state index is 5.32. The van der Waals surface area contributed by atoms with Crippen molar-refractivity contribution in [1.29, 1.82) is 0 Å². The third kappa shape index (κ3) is 2.41. The molecule has 0 spiro atoms. The molecule has 2 heterocycles. The van der Waals surface area contributed by atoms with E-state index in [2.05, 4.69) is 22.4 Å². The molecule has 1 unspecified atom stereocenters. The Morgan fingerprint density at radius 3 is 2.88 bits per heavy atom. The summed E-state index contributed by atoms with van der Waals surface area (Å²) in [5.41, 5.74) is 0. The fraction of sp³-hybridized carbons (Fsp3) is 0.818. The minimum Gasteiger partial charge on any atom is -0.373 e. The molecule has 2 rings (SSSR count). The third-order valence-corrected chi connectivity index (χ3v) is 3.09. The quantitative estimate of drug-likeness (QED) is 0.844. The normalized spacial score (nSPS) is 19.9. The average Bonchev–Trinajstić information content (AvgIpc) is 2.81. The summed E-state index contributed by atoms with van der Waals surface area (Å²) in [6.07, 6.45) is 2.97. The highest BCUT2D eigenvalue weighted by Gasteiger charge is 2.23. The first-order valence-corrected chi connectivity index (χ1v) is 5.92. The first kappa shape index (κ1) is 11.5. The summed E-state index contributed by atoms with van der Waals surface area (Å²) in [4.78, 5) is 4.45. The Labute approximate surface area is 95.6 Å². The van der Waals surface area contributed by atoms with Gasteiger partial charge in [-0.15, -0.1) is 0 Å². The maximum absolute atomic E-state index is 5.32. The van der Waals surface area contributed by atoms with Crippen molar-refractivity contribution in [2.24, 2.45) is 0 Å². The molecule has 1 atom stereocenters. The average molecular weight is 225 g/mol. The van der Waals surface area contributed by atoms with Crippen LogP contribution in [0.4, 0.5) is 0 Å². The zero-order valence-corrected chi connectivity index (χ0v) is 9.90. The molecule has 1 saturated heterocycles. The summed E-state index contributed by atoms with van der Waals surface area (Å²) >= 11 is 0. The molecule has 0 radical (unpaired) electrons. The zero-order chi connectivity index (χ0) is 11.4. The molecule has 0 bridgehead atoms. The second-order valence-corrected chi connectivity index (χ2v) is 4.15. The molecule has 1 aromatic heterocycles. The van der Waals surface area contributed by atoms with Crippen LogP contribution < -0.4 is 5.32 Å². The number of rotatable bonds is 4. The zero-order valence-electron chi connectivity index (χ0n) is 9.90. The summed E-state index contributed by atoms with van der Waals surface area (Å²) in [6, 6.07) is 0. The molecule has 5 heteroatoms. The Bertz CT molecular complexity index is 317. The number of nitrogens with one attached hydrogen (secondary N) is 1. The monoisotopic (exact) mass is 225 g/mol. The van der Waals surface area contributed by atoms with Crippen LogP contribution in [0.3, 0.4) is 0 Å². The first-order valence-electron chi connectivity index (χ1n) is 5.92. The van der Waals surface area contributed by atoms with Gasteiger partial charge in [-0.25, -0.2) is 0 Å². The van der Waals surface area contributed by atoms with Crippen molar-refractivity contribution in [2.75, 3.05) is 20.2 Å². The molecule has 1 N–H and O–H groups in total. The van der Waals surface area contributed by atoms with E-state index in [1.807, 2.05) is 0 Å². The number of nitrogens with zero attached hydrogens (tertiary/aromatic N) is 2. The van der Waals surface area contributed by atoms with Gasteiger partial charge in [-0.05, 0) is 32.4 Å². The summed E-state index contributed by atoms with van der Waals surface area (Å²) in [7, 11) is 1.68. The minimum atomic E-state index is -0.0424. The van der Waals surface area contributed by atoms with Crippen LogP contribution >= 0.6 is 0 Å². The SMILES string of the molecule is CCC(OC)c1noc(C2CCNCC2)n1. The number of piperidine rings is 1. The van der Waals surface area contributed by atoms with E-state index in [1.54, 1.807) is 7.11 Å². The summed E-state index contributed by atoms with van der Waals surface area (Å²) in [5.74, 6) is 1.86. The fourth-order valence-corrected chi connectivity index (χ4v) is 2.07. The smallest absolute Gasteiger partial charge is 0.229 e. The molecule has 0 amide bonds. The van der Waals surface area contributed by atoms with Gasteiger partial charge in [0.15, 0.2) is 0 Å². The van der Waals surface area contributed by atoms with Gasteiger partial charge < -0.3 is 14.6 Å². The molecule has 0 aliphatic carbocycles. The van der Waals surface area contributed by atoms with Gasteiger partial charge in [0, 0.05) is 13.0 Å². The molecule has 1 fully saturated rings. The van der Waals surface area contributed by atoms with Crippen LogP contribution in [0.1, 0.15) is 49.9 Å². The summed E-state index contributed by atoms with van der Waals surface area (Å²) < 4.78 is 10.6. The highest BCUT2D eigenvalue weighted by Crippen LogP contribution is 2.25. The Balaban J connectivity index is 2.05. The van der Waals surface area contributed by atoms with Crippen LogP contribution in [0.25, 0.3) is 0 Å². The number of hydrogen-bond acceptors (Lipinski definition) is 5. The van der Waals surface area contributed by atoms with Crippen molar-refractivity contribution < 1.29 is 9.26 Å². The van der Waals surface area contributed by atoms with Crippen molar-refractivity contribution in [2.45, 2.75) is 38.2 Å². The lowest BCUT2D eigenvalue weighted by Crippen LogP contribution is -2.26. The van der Waals surface area contributed by atoms with Crippen LogP contribution in [0.15, 0.2) is 4.52 Å². The Hall–Kier alpha value is -0.940. The second kappa shape index (κ2) is 5.41. The fourth-order valence-electron chi connectivity index (χ4n) is 2.07. The minimum absolute atomic E-state index is 0.0424. The lowest BCUT2D eigenvalue weighted by atomic mass is 9.98.